The molecule has 1 atom stereocenters. The van der Waals surface area contributed by atoms with Crippen LogP contribution in [-0.4, -0.2) is 23.6 Å². The highest BCUT2D eigenvalue weighted by Crippen LogP contribution is 2.20. The van der Waals surface area contributed by atoms with E-state index in [1.54, 1.807) is 0 Å². The monoisotopic (exact) mass is 243 g/mol. The molecule has 0 aliphatic carbocycles. The fourth-order valence-corrected chi connectivity index (χ4v) is 3.66. The maximum Gasteiger partial charge on any atom is 0.0161 e. The highest BCUT2D eigenvalue weighted by molar-refractivity contribution is 7.99. The lowest BCUT2D eigenvalue weighted by atomic mass is 9.94. The van der Waals surface area contributed by atoms with E-state index in [1.807, 2.05) is 0 Å². The van der Waals surface area contributed by atoms with Crippen LogP contribution >= 0.6 is 11.8 Å². The van der Waals surface area contributed by atoms with Crippen LogP contribution in [0.15, 0.2) is 0 Å². The predicted octanol–water partition coefficient (Wildman–Crippen LogP) is 3.93. The summed E-state index contributed by atoms with van der Waals surface area (Å²) in [7, 11) is 0. The van der Waals surface area contributed by atoms with E-state index in [2.05, 4.69) is 44.8 Å². The number of hydrogen-bond acceptors (Lipinski definition) is 2. The summed E-state index contributed by atoms with van der Waals surface area (Å²) >= 11 is 2.12. The minimum atomic E-state index is 0.740. The van der Waals surface area contributed by atoms with Crippen LogP contribution in [0.1, 0.15) is 53.4 Å². The van der Waals surface area contributed by atoms with E-state index in [1.165, 1.54) is 37.2 Å². The van der Waals surface area contributed by atoms with Gasteiger partial charge in [-0.15, -0.1) is 0 Å². The largest absolute Gasteiger partial charge is 0.310 e. The van der Waals surface area contributed by atoms with Crippen molar-refractivity contribution in [2.24, 2.45) is 11.8 Å². The van der Waals surface area contributed by atoms with Crippen molar-refractivity contribution in [1.29, 1.82) is 0 Å². The Kier molecular flexibility index (Phi) is 6.83. The van der Waals surface area contributed by atoms with Gasteiger partial charge in [-0.25, -0.2) is 0 Å². The van der Waals surface area contributed by atoms with Gasteiger partial charge < -0.3 is 5.32 Å². The average Bonchev–Trinajstić information content (AvgIpc) is 2.16. The molecule has 0 saturated carbocycles. The zero-order valence-electron chi connectivity index (χ0n) is 11.5. The first-order valence-corrected chi connectivity index (χ1v) is 8.07. The third-order valence-corrected chi connectivity index (χ3v) is 4.36. The van der Waals surface area contributed by atoms with Gasteiger partial charge in [0, 0.05) is 17.8 Å². The molecule has 1 aliphatic heterocycles. The summed E-state index contributed by atoms with van der Waals surface area (Å²) in [6, 6.07) is 1.52. The molecular formula is C14H29NS. The second-order valence-electron chi connectivity index (χ2n) is 6.04. The Morgan fingerprint density at radius 1 is 1.12 bits per heavy atom. The molecule has 1 unspecified atom stereocenters. The minimum absolute atomic E-state index is 0.740. The van der Waals surface area contributed by atoms with Crippen LogP contribution in [0, 0.1) is 11.8 Å². The van der Waals surface area contributed by atoms with Crippen LogP contribution in [0.3, 0.4) is 0 Å². The zero-order valence-corrected chi connectivity index (χ0v) is 12.3. The lowest BCUT2D eigenvalue weighted by Gasteiger charge is -2.30. The van der Waals surface area contributed by atoms with Crippen LogP contribution in [-0.2, 0) is 0 Å². The van der Waals surface area contributed by atoms with E-state index >= 15 is 0 Å². The molecule has 1 nitrogen and oxygen atoms in total. The molecule has 0 radical (unpaired) electrons. The summed E-state index contributed by atoms with van der Waals surface area (Å²) in [4.78, 5) is 0. The first-order valence-electron chi connectivity index (χ1n) is 6.91. The minimum Gasteiger partial charge on any atom is -0.310 e. The Labute approximate surface area is 106 Å². The van der Waals surface area contributed by atoms with Crippen molar-refractivity contribution in [3.8, 4) is 0 Å². The lowest BCUT2D eigenvalue weighted by molar-refractivity contribution is 0.326. The third-order valence-electron chi connectivity index (χ3n) is 3.14. The van der Waals surface area contributed by atoms with Crippen molar-refractivity contribution in [2.75, 3.05) is 11.5 Å². The Morgan fingerprint density at radius 3 is 2.19 bits per heavy atom. The molecule has 2 heteroatoms. The molecule has 0 bridgehead atoms. The highest BCUT2D eigenvalue weighted by atomic mass is 32.2. The molecule has 0 amide bonds. The first kappa shape index (κ1) is 14.4. The second-order valence-corrected chi connectivity index (χ2v) is 7.19. The van der Waals surface area contributed by atoms with Crippen molar-refractivity contribution >= 4 is 11.8 Å². The molecule has 1 saturated heterocycles. The van der Waals surface area contributed by atoms with E-state index < -0.39 is 0 Å². The van der Waals surface area contributed by atoms with Gasteiger partial charge in [-0.1, -0.05) is 27.7 Å². The summed E-state index contributed by atoms with van der Waals surface area (Å²) in [5.74, 6) is 4.32. The molecule has 0 spiro atoms. The van der Waals surface area contributed by atoms with Crippen molar-refractivity contribution < 1.29 is 0 Å². The van der Waals surface area contributed by atoms with Crippen molar-refractivity contribution in [3.05, 3.63) is 0 Å². The van der Waals surface area contributed by atoms with E-state index in [4.69, 9.17) is 0 Å². The standard InChI is InChI=1S/C14H29NS/c1-11(2)8-14(9-12(3)4)15-13-6-5-7-16-10-13/h11-15H,5-10H2,1-4H3. The van der Waals surface area contributed by atoms with Gasteiger partial charge in [0.1, 0.15) is 0 Å². The maximum atomic E-state index is 3.90. The number of rotatable bonds is 6. The van der Waals surface area contributed by atoms with Crippen LogP contribution in [0.25, 0.3) is 0 Å². The smallest absolute Gasteiger partial charge is 0.0161 e. The Balaban J connectivity index is 2.35. The Hall–Kier alpha value is 0.310. The molecule has 16 heavy (non-hydrogen) atoms. The summed E-state index contributed by atoms with van der Waals surface area (Å²) < 4.78 is 0. The van der Waals surface area contributed by atoms with Crippen molar-refractivity contribution in [1.82, 2.24) is 5.32 Å². The SMILES string of the molecule is CC(C)CC(CC(C)C)NC1CCCSC1. The molecule has 0 aromatic heterocycles. The topological polar surface area (TPSA) is 12.0 Å². The van der Waals surface area contributed by atoms with E-state index in [9.17, 15) is 0 Å². The molecule has 1 heterocycles. The molecule has 1 rings (SSSR count). The van der Waals surface area contributed by atoms with Gasteiger partial charge in [0.25, 0.3) is 0 Å². The maximum absolute atomic E-state index is 3.90. The molecular weight excluding hydrogens is 214 g/mol. The van der Waals surface area contributed by atoms with Gasteiger partial charge in [0.15, 0.2) is 0 Å². The number of thioether (sulfide) groups is 1. The fourth-order valence-electron chi connectivity index (χ4n) is 2.58. The molecule has 1 fully saturated rings. The van der Waals surface area contributed by atoms with Crippen LogP contribution in [0.4, 0.5) is 0 Å². The van der Waals surface area contributed by atoms with Crippen molar-refractivity contribution in [3.63, 3.8) is 0 Å². The molecule has 1 N–H and O–H groups in total. The summed E-state index contributed by atoms with van der Waals surface area (Å²) in [6.45, 7) is 9.35. The summed E-state index contributed by atoms with van der Waals surface area (Å²) in [5.41, 5.74) is 0. The average molecular weight is 243 g/mol. The predicted molar refractivity (Wildman–Crippen MR) is 76.2 cm³/mol. The van der Waals surface area contributed by atoms with Crippen LogP contribution in [0.5, 0.6) is 0 Å². The Bertz CT molecular complexity index is 164. The molecule has 0 aromatic rings. The third kappa shape index (κ3) is 6.15. The zero-order chi connectivity index (χ0) is 12.0. The van der Waals surface area contributed by atoms with Crippen molar-refractivity contribution in [2.45, 2.75) is 65.5 Å². The number of hydrogen-bond donors (Lipinski definition) is 1. The quantitative estimate of drug-likeness (QED) is 0.758. The van der Waals surface area contributed by atoms with E-state index in [0.29, 0.717) is 0 Å². The van der Waals surface area contributed by atoms with Crippen LogP contribution in [0.2, 0.25) is 0 Å². The molecule has 1 aliphatic rings. The number of nitrogens with one attached hydrogen (secondary N) is 1. The molecule has 0 aromatic carbocycles. The van der Waals surface area contributed by atoms with Crippen LogP contribution < -0.4 is 5.32 Å². The first-order chi connectivity index (χ1) is 7.58. The van der Waals surface area contributed by atoms with Gasteiger partial charge in [-0.05, 0) is 43.3 Å². The summed E-state index contributed by atoms with van der Waals surface area (Å²) in [6.07, 6.45) is 5.46. The fraction of sp³-hybridized carbons (Fsp3) is 1.00. The van der Waals surface area contributed by atoms with Gasteiger partial charge in [0.05, 0.1) is 0 Å². The summed E-state index contributed by atoms with van der Waals surface area (Å²) in [5, 5.41) is 3.90. The molecule has 96 valence electrons. The normalized spacial score (nSPS) is 22.3. The second kappa shape index (κ2) is 7.60. The van der Waals surface area contributed by atoms with E-state index in [-0.39, 0.29) is 0 Å². The Morgan fingerprint density at radius 2 is 1.75 bits per heavy atom. The van der Waals surface area contributed by atoms with Gasteiger partial charge in [-0.2, -0.15) is 11.8 Å². The van der Waals surface area contributed by atoms with Gasteiger partial charge in [-0.3, -0.25) is 0 Å². The highest BCUT2D eigenvalue weighted by Gasteiger charge is 2.19. The van der Waals surface area contributed by atoms with Gasteiger partial charge in [0.2, 0.25) is 0 Å². The lowest BCUT2D eigenvalue weighted by Crippen LogP contribution is -2.42. The van der Waals surface area contributed by atoms with E-state index in [0.717, 1.165) is 23.9 Å². The van der Waals surface area contributed by atoms with Gasteiger partial charge >= 0.3 is 0 Å².